The molecule has 2 rings (SSSR count). The summed E-state index contributed by atoms with van der Waals surface area (Å²) in [6.45, 7) is 0.501. The standard InChI is InChI=1S/C19H23N3O4S/c1-22(2)27(25,26)17-10-8-16(9-11-17)14-21-19(24)18(23)20-13-12-15-6-4-3-5-7-15/h3-11H,12-14H2,1-2H3,(H,20,23)(H,21,24). The van der Waals surface area contributed by atoms with Gasteiger partial charge in [-0.05, 0) is 29.7 Å². The first-order valence-corrected chi connectivity index (χ1v) is 9.86. The van der Waals surface area contributed by atoms with Gasteiger partial charge in [0.1, 0.15) is 0 Å². The quantitative estimate of drug-likeness (QED) is 0.688. The topological polar surface area (TPSA) is 95.6 Å². The van der Waals surface area contributed by atoms with Crippen molar-refractivity contribution in [3.63, 3.8) is 0 Å². The van der Waals surface area contributed by atoms with E-state index >= 15 is 0 Å². The summed E-state index contributed by atoms with van der Waals surface area (Å²) in [5, 5.41) is 5.09. The highest BCUT2D eigenvalue weighted by Gasteiger charge is 2.17. The minimum Gasteiger partial charge on any atom is -0.348 e. The molecular weight excluding hydrogens is 366 g/mol. The number of nitrogens with zero attached hydrogens (tertiary/aromatic N) is 1. The van der Waals surface area contributed by atoms with Crippen LogP contribution in [0.25, 0.3) is 0 Å². The molecule has 0 radical (unpaired) electrons. The first kappa shape index (κ1) is 20.6. The van der Waals surface area contributed by atoms with E-state index in [9.17, 15) is 18.0 Å². The number of rotatable bonds is 7. The second kappa shape index (κ2) is 9.29. The van der Waals surface area contributed by atoms with Crippen LogP contribution < -0.4 is 10.6 Å². The number of nitrogens with one attached hydrogen (secondary N) is 2. The Labute approximate surface area is 159 Å². The number of sulfonamides is 1. The Kier molecular flexibility index (Phi) is 7.09. The van der Waals surface area contributed by atoms with Crippen molar-refractivity contribution in [2.45, 2.75) is 17.9 Å². The van der Waals surface area contributed by atoms with E-state index in [1.807, 2.05) is 30.3 Å². The van der Waals surface area contributed by atoms with Gasteiger partial charge < -0.3 is 10.6 Å². The maximum absolute atomic E-state index is 12.0. The molecule has 7 nitrogen and oxygen atoms in total. The second-order valence-corrected chi connectivity index (χ2v) is 8.26. The van der Waals surface area contributed by atoms with Crippen LogP contribution in [-0.2, 0) is 32.6 Å². The fourth-order valence-electron chi connectivity index (χ4n) is 2.30. The van der Waals surface area contributed by atoms with E-state index in [1.54, 1.807) is 12.1 Å². The van der Waals surface area contributed by atoms with Crippen LogP contribution in [0.2, 0.25) is 0 Å². The predicted octanol–water partition coefficient (Wildman–Crippen LogP) is 0.912. The normalized spacial score (nSPS) is 11.2. The molecule has 0 saturated heterocycles. The molecule has 0 aliphatic heterocycles. The van der Waals surface area contributed by atoms with Gasteiger partial charge >= 0.3 is 11.8 Å². The van der Waals surface area contributed by atoms with Crippen LogP contribution >= 0.6 is 0 Å². The Balaban J connectivity index is 1.80. The van der Waals surface area contributed by atoms with Gasteiger partial charge in [-0.3, -0.25) is 9.59 Å². The van der Waals surface area contributed by atoms with Crippen LogP contribution in [0.3, 0.4) is 0 Å². The van der Waals surface area contributed by atoms with E-state index in [0.29, 0.717) is 18.5 Å². The van der Waals surface area contributed by atoms with Crippen molar-refractivity contribution in [1.82, 2.24) is 14.9 Å². The third-order valence-electron chi connectivity index (χ3n) is 3.90. The third-order valence-corrected chi connectivity index (χ3v) is 5.73. The number of carbonyl (C=O) groups excluding carboxylic acids is 2. The lowest BCUT2D eigenvalue weighted by atomic mass is 10.1. The van der Waals surface area contributed by atoms with Crippen LogP contribution in [0.4, 0.5) is 0 Å². The van der Waals surface area contributed by atoms with Gasteiger partial charge in [0.05, 0.1) is 4.90 Å². The maximum atomic E-state index is 12.0. The molecular formula is C19H23N3O4S. The number of hydrogen-bond acceptors (Lipinski definition) is 4. The first-order valence-electron chi connectivity index (χ1n) is 8.42. The molecule has 0 bridgehead atoms. The van der Waals surface area contributed by atoms with Gasteiger partial charge in [0.2, 0.25) is 10.0 Å². The lowest BCUT2D eigenvalue weighted by molar-refractivity contribution is -0.139. The Hall–Kier alpha value is -2.71. The van der Waals surface area contributed by atoms with Gasteiger partial charge in [0.25, 0.3) is 0 Å². The van der Waals surface area contributed by atoms with Crippen LogP contribution in [0.5, 0.6) is 0 Å². The average Bonchev–Trinajstić information content (AvgIpc) is 2.67. The molecule has 0 atom stereocenters. The zero-order valence-electron chi connectivity index (χ0n) is 15.3. The van der Waals surface area contributed by atoms with Crippen LogP contribution in [0, 0.1) is 0 Å². The molecule has 0 unspecified atom stereocenters. The fraction of sp³-hybridized carbons (Fsp3) is 0.263. The van der Waals surface area contributed by atoms with Crippen LogP contribution in [-0.4, -0.2) is 45.2 Å². The zero-order chi connectivity index (χ0) is 19.9. The summed E-state index contributed by atoms with van der Waals surface area (Å²) >= 11 is 0. The van der Waals surface area contributed by atoms with Crippen LogP contribution in [0.15, 0.2) is 59.5 Å². The largest absolute Gasteiger partial charge is 0.348 e. The summed E-state index contributed by atoms with van der Waals surface area (Å²) in [7, 11) is -0.573. The highest BCUT2D eigenvalue weighted by Crippen LogP contribution is 2.13. The second-order valence-electron chi connectivity index (χ2n) is 6.11. The monoisotopic (exact) mass is 389 g/mol. The molecule has 0 heterocycles. The molecule has 0 fully saturated rings. The average molecular weight is 389 g/mol. The lowest BCUT2D eigenvalue weighted by Crippen LogP contribution is -2.40. The molecule has 2 amide bonds. The summed E-state index contributed by atoms with van der Waals surface area (Å²) in [5.41, 5.74) is 1.77. The summed E-state index contributed by atoms with van der Waals surface area (Å²) < 4.78 is 25.1. The highest BCUT2D eigenvalue weighted by molar-refractivity contribution is 7.89. The number of carbonyl (C=O) groups is 2. The molecule has 0 spiro atoms. The lowest BCUT2D eigenvalue weighted by Gasteiger charge is -2.12. The molecule has 8 heteroatoms. The van der Waals surface area contributed by atoms with Gasteiger partial charge in [-0.1, -0.05) is 42.5 Å². The van der Waals surface area contributed by atoms with E-state index in [0.717, 1.165) is 9.87 Å². The van der Waals surface area contributed by atoms with Crippen molar-refractivity contribution in [3.05, 3.63) is 65.7 Å². The minimum atomic E-state index is -3.49. The molecule has 0 aliphatic carbocycles. The van der Waals surface area contributed by atoms with E-state index < -0.39 is 21.8 Å². The van der Waals surface area contributed by atoms with E-state index in [1.165, 1.54) is 26.2 Å². The smallest absolute Gasteiger partial charge is 0.309 e. The third kappa shape index (κ3) is 5.90. The van der Waals surface area contributed by atoms with E-state index in [2.05, 4.69) is 10.6 Å². The first-order chi connectivity index (χ1) is 12.8. The van der Waals surface area contributed by atoms with Gasteiger partial charge in [-0.25, -0.2) is 12.7 Å². The summed E-state index contributed by atoms with van der Waals surface area (Å²) in [6.07, 6.45) is 0.641. The van der Waals surface area contributed by atoms with Crippen molar-refractivity contribution in [2.24, 2.45) is 0 Å². The van der Waals surface area contributed by atoms with Crippen molar-refractivity contribution >= 4 is 21.8 Å². The van der Waals surface area contributed by atoms with Crippen molar-refractivity contribution in [3.8, 4) is 0 Å². The van der Waals surface area contributed by atoms with Crippen LogP contribution in [0.1, 0.15) is 11.1 Å². The number of benzene rings is 2. The highest BCUT2D eigenvalue weighted by atomic mass is 32.2. The Morgan fingerprint density at radius 2 is 1.44 bits per heavy atom. The molecule has 2 aromatic rings. The van der Waals surface area contributed by atoms with Gasteiger partial charge in [0.15, 0.2) is 0 Å². The van der Waals surface area contributed by atoms with Crippen molar-refractivity contribution in [2.75, 3.05) is 20.6 Å². The molecule has 2 N–H and O–H groups in total. The summed E-state index contributed by atoms with van der Waals surface area (Å²) in [4.78, 5) is 23.8. The molecule has 0 aliphatic rings. The summed E-state index contributed by atoms with van der Waals surface area (Å²) in [5.74, 6) is -1.43. The summed E-state index contributed by atoms with van der Waals surface area (Å²) in [6, 6.07) is 15.8. The predicted molar refractivity (Wildman–Crippen MR) is 102 cm³/mol. The number of hydrogen-bond donors (Lipinski definition) is 2. The van der Waals surface area contributed by atoms with Gasteiger partial charge in [-0.15, -0.1) is 0 Å². The molecule has 144 valence electrons. The molecule has 2 aromatic carbocycles. The van der Waals surface area contributed by atoms with Crippen molar-refractivity contribution in [1.29, 1.82) is 0 Å². The Bertz CT molecular complexity index is 879. The molecule has 27 heavy (non-hydrogen) atoms. The molecule has 0 saturated carbocycles. The zero-order valence-corrected chi connectivity index (χ0v) is 16.1. The molecule has 0 aromatic heterocycles. The maximum Gasteiger partial charge on any atom is 0.309 e. The van der Waals surface area contributed by atoms with Gasteiger partial charge in [0, 0.05) is 27.2 Å². The van der Waals surface area contributed by atoms with E-state index in [4.69, 9.17) is 0 Å². The minimum absolute atomic E-state index is 0.132. The van der Waals surface area contributed by atoms with Crippen molar-refractivity contribution < 1.29 is 18.0 Å². The number of amides is 2. The fourth-order valence-corrected chi connectivity index (χ4v) is 3.20. The Morgan fingerprint density at radius 1 is 0.852 bits per heavy atom. The SMILES string of the molecule is CN(C)S(=O)(=O)c1ccc(CNC(=O)C(=O)NCCc2ccccc2)cc1. The Morgan fingerprint density at radius 3 is 2.04 bits per heavy atom. The van der Waals surface area contributed by atoms with Gasteiger partial charge in [-0.2, -0.15) is 0 Å². The van der Waals surface area contributed by atoms with E-state index in [-0.39, 0.29) is 11.4 Å².